The van der Waals surface area contributed by atoms with Crippen LogP contribution < -0.4 is 0 Å². The van der Waals surface area contributed by atoms with E-state index in [1.165, 1.54) is 0 Å². The number of aliphatic carboxylic acids is 1. The summed E-state index contributed by atoms with van der Waals surface area (Å²) in [5.41, 5.74) is -2.24. The first-order chi connectivity index (χ1) is 18.1. The van der Waals surface area contributed by atoms with Crippen LogP contribution in [0.15, 0.2) is 11.6 Å². The Bertz CT molecular complexity index is 1090. The molecule has 0 aromatic carbocycles. The van der Waals surface area contributed by atoms with Crippen LogP contribution in [0.5, 0.6) is 0 Å². The van der Waals surface area contributed by atoms with Gasteiger partial charge in [-0.2, -0.15) is 110 Å². The number of allylic oxidation sites excluding steroid dienone is 1. The molecule has 0 heterocycles. The third-order valence-electron chi connectivity index (χ3n) is 5.06. The monoisotopic (exact) mass is 704 g/mol. The normalized spacial score (nSPS) is 16.9. The highest BCUT2D eigenvalue weighted by Gasteiger charge is 2.99. The first-order valence-electron chi connectivity index (χ1n) is 9.23. The Hall–Kier alpha value is -2.54. The van der Waals surface area contributed by atoms with Crippen LogP contribution in [-0.4, -0.2) is 82.4 Å². The fourth-order valence-electron chi connectivity index (χ4n) is 2.39. The van der Waals surface area contributed by atoms with Gasteiger partial charge in [-0.25, -0.2) is 4.79 Å². The molecule has 256 valence electrons. The molecule has 1 N–H and O–H groups in total. The van der Waals surface area contributed by atoms with E-state index in [2.05, 4.69) is 0 Å². The summed E-state index contributed by atoms with van der Waals surface area (Å²) in [7, 11) is 0. The van der Waals surface area contributed by atoms with Gasteiger partial charge in [-0.3, -0.25) is 0 Å². The smallest absolute Gasteiger partial charge is 0.460 e. The highest BCUT2D eigenvalue weighted by atomic mass is 19.4. The number of alkyl halides is 25. The molecule has 0 aliphatic rings. The van der Waals surface area contributed by atoms with Crippen LogP contribution in [-0.2, 0) is 4.79 Å². The van der Waals surface area contributed by atoms with E-state index in [9.17, 15) is 115 Å². The molecular formula is C16H5F25O2. The van der Waals surface area contributed by atoms with Gasteiger partial charge in [0.25, 0.3) is 0 Å². The molecule has 0 rings (SSSR count). The Morgan fingerprint density at radius 1 is 0.395 bits per heavy atom. The maximum absolute atomic E-state index is 13.7. The van der Waals surface area contributed by atoms with Crippen LogP contribution >= 0.6 is 0 Å². The summed E-state index contributed by atoms with van der Waals surface area (Å²) in [4.78, 5) is 10.3. The van der Waals surface area contributed by atoms with Crippen LogP contribution in [0.2, 0.25) is 0 Å². The number of carbonyl (C=O) groups is 1. The average molecular weight is 704 g/mol. The molecule has 0 bridgehead atoms. The predicted molar refractivity (Wildman–Crippen MR) is 81.9 cm³/mol. The van der Waals surface area contributed by atoms with Gasteiger partial charge in [0, 0.05) is 11.6 Å². The van der Waals surface area contributed by atoms with Crippen molar-refractivity contribution in [2.45, 2.75) is 78.2 Å². The van der Waals surface area contributed by atoms with Gasteiger partial charge in [-0.05, 0) is 6.92 Å². The van der Waals surface area contributed by atoms with E-state index in [-0.39, 0.29) is 6.92 Å². The molecule has 0 radical (unpaired) electrons. The lowest BCUT2D eigenvalue weighted by Crippen LogP contribution is -2.78. The van der Waals surface area contributed by atoms with E-state index in [1.54, 1.807) is 0 Å². The summed E-state index contributed by atoms with van der Waals surface area (Å²) in [6, 6.07) is 0. The predicted octanol–water partition coefficient (Wildman–Crippen LogP) is 8.57. The molecule has 0 aromatic rings. The Kier molecular flexibility index (Phi) is 9.39. The minimum absolute atomic E-state index is 0.230. The molecule has 0 atom stereocenters. The minimum atomic E-state index is -9.66. The molecule has 0 saturated carbocycles. The molecule has 2 nitrogen and oxygen atoms in total. The topological polar surface area (TPSA) is 37.3 Å². The van der Waals surface area contributed by atoms with Crippen molar-refractivity contribution in [1.29, 1.82) is 0 Å². The fraction of sp³-hybridized carbons (Fsp3) is 0.812. The number of halogens is 25. The number of hydrogen-bond acceptors (Lipinski definition) is 1. The standard InChI is InChI=1S/C16H5F25O2/c1-3(4(42)43)2-5(17,18)6(19,20)7(21,22)8(23,24)9(25,26)10(27,28)11(29,30)12(31,32)13(33,34)14(35,36)15(37,38)16(39,40)41/h2H,1H3,(H,42,43). The van der Waals surface area contributed by atoms with Gasteiger partial charge < -0.3 is 5.11 Å². The van der Waals surface area contributed by atoms with Crippen LogP contribution in [0, 0.1) is 0 Å². The first-order valence-corrected chi connectivity index (χ1v) is 9.23. The van der Waals surface area contributed by atoms with Crippen molar-refractivity contribution in [3.05, 3.63) is 11.6 Å². The van der Waals surface area contributed by atoms with Gasteiger partial charge in [0.05, 0.1) is 0 Å². The van der Waals surface area contributed by atoms with Gasteiger partial charge in [-0.15, -0.1) is 0 Å². The van der Waals surface area contributed by atoms with E-state index >= 15 is 0 Å². The third-order valence-corrected chi connectivity index (χ3v) is 5.06. The number of carboxylic acid groups (broad SMARTS) is 1. The summed E-state index contributed by atoms with van der Waals surface area (Å²) >= 11 is 0. The maximum Gasteiger partial charge on any atom is 0.460 e. The third kappa shape index (κ3) is 4.98. The summed E-state index contributed by atoms with van der Waals surface area (Å²) < 4.78 is 332. The van der Waals surface area contributed by atoms with Crippen LogP contribution in [0.1, 0.15) is 6.92 Å². The minimum Gasteiger partial charge on any atom is -0.478 e. The highest BCUT2D eigenvalue weighted by molar-refractivity contribution is 5.86. The van der Waals surface area contributed by atoms with Crippen LogP contribution in [0.3, 0.4) is 0 Å². The summed E-state index contributed by atoms with van der Waals surface area (Å²) in [5, 5.41) is 8.21. The molecule has 0 amide bonds. The zero-order chi connectivity index (χ0) is 35.9. The van der Waals surface area contributed by atoms with Gasteiger partial charge in [0.2, 0.25) is 0 Å². The molecule has 0 aliphatic heterocycles. The lowest BCUT2D eigenvalue weighted by atomic mass is 9.84. The Balaban J connectivity index is 7.42. The quantitative estimate of drug-likeness (QED) is 0.163. The molecule has 0 spiro atoms. The average Bonchev–Trinajstić information content (AvgIpc) is 2.76. The maximum atomic E-state index is 13.7. The van der Waals surface area contributed by atoms with Crippen molar-refractivity contribution < 1.29 is 120 Å². The van der Waals surface area contributed by atoms with Crippen molar-refractivity contribution in [2.75, 3.05) is 0 Å². The Morgan fingerprint density at radius 3 is 0.767 bits per heavy atom. The van der Waals surface area contributed by atoms with E-state index in [1.807, 2.05) is 0 Å². The van der Waals surface area contributed by atoms with Gasteiger partial charge in [0.1, 0.15) is 0 Å². The van der Waals surface area contributed by atoms with Crippen molar-refractivity contribution in [1.82, 2.24) is 0 Å². The fourth-order valence-corrected chi connectivity index (χ4v) is 2.39. The zero-order valence-electron chi connectivity index (χ0n) is 18.9. The molecule has 0 saturated heterocycles. The van der Waals surface area contributed by atoms with E-state index in [4.69, 9.17) is 5.11 Å². The largest absolute Gasteiger partial charge is 0.478 e. The first kappa shape index (κ1) is 40.5. The molecule has 0 aliphatic carbocycles. The van der Waals surface area contributed by atoms with Crippen molar-refractivity contribution in [3.63, 3.8) is 0 Å². The zero-order valence-corrected chi connectivity index (χ0v) is 18.9. The molecule has 0 unspecified atom stereocenters. The molecular weight excluding hydrogens is 699 g/mol. The van der Waals surface area contributed by atoms with Crippen molar-refractivity contribution >= 4 is 5.97 Å². The van der Waals surface area contributed by atoms with Crippen LogP contribution in [0.25, 0.3) is 0 Å². The number of rotatable bonds is 12. The van der Waals surface area contributed by atoms with Crippen LogP contribution in [0.4, 0.5) is 110 Å². The molecule has 27 heteroatoms. The van der Waals surface area contributed by atoms with Gasteiger partial charge >= 0.3 is 77.3 Å². The highest BCUT2D eigenvalue weighted by Crippen LogP contribution is 2.67. The second kappa shape index (κ2) is 9.98. The van der Waals surface area contributed by atoms with Gasteiger partial charge in [-0.1, -0.05) is 0 Å². The SMILES string of the molecule is CC(=CC(F)(F)C(F)(F)C(F)(F)C(F)(F)C(F)(F)C(F)(F)C(F)(F)C(F)(F)C(F)(F)C(F)(F)C(F)(F)C(F)(F)F)C(=O)O. The Morgan fingerprint density at radius 2 is 0.581 bits per heavy atom. The second-order valence-corrected chi connectivity index (χ2v) is 8.00. The lowest BCUT2D eigenvalue weighted by Gasteiger charge is -2.45. The molecule has 43 heavy (non-hydrogen) atoms. The Labute approximate surface area is 217 Å². The molecule has 0 fully saturated rings. The number of hydrogen-bond donors (Lipinski definition) is 1. The number of carboxylic acids is 1. The lowest BCUT2D eigenvalue weighted by molar-refractivity contribution is -0.481. The molecule has 0 aromatic heterocycles. The summed E-state index contributed by atoms with van der Waals surface area (Å²) in [5.74, 6) is -102. The summed E-state index contributed by atoms with van der Waals surface area (Å²) in [6.45, 7) is -0.230. The van der Waals surface area contributed by atoms with E-state index < -0.39 is 88.9 Å². The van der Waals surface area contributed by atoms with Crippen molar-refractivity contribution in [3.8, 4) is 0 Å². The second-order valence-electron chi connectivity index (χ2n) is 8.00. The summed E-state index contributed by atoms with van der Waals surface area (Å²) in [6.07, 6.45) is -10.2. The van der Waals surface area contributed by atoms with E-state index in [0.29, 0.717) is 0 Å². The van der Waals surface area contributed by atoms with Crippen molar-refractivity contribution in [2.24, 2.45) is 0 Å². The van der Waals surface area contributed by atoms with E-state index in [0.717, 1.165) is 0 Å². The van der Waals surface area contributed by atoms with Gasteiger partial charge in [0.15, 0.2) is 0 Å².